The number of amidine groups is 1. The quantitative estimate of drug-likeness (QED) is 0.571. The Bertz CT molecular complexity index is 274. The molecule has 0 radical (unpaired) electrons. The summed E-state index contributed by atoms with van der Waals surface area (Å²) in [5.41, 5.74) is 0.603. The van der Waals surface area contributed by atoms with Gasteiger partial charge in [-0.05, 0) is 32.1 Å². The Morgan fingerprint density at radius 1 is 1.36 bits per heavy atom. The zero-order valence-corrected chi connectivity index (χ0v) is 8.21. The SMILES string of the molecule is N=C1CC=CNC1=NC1CCNCC1. The van der Waals surface area contributed by atoms with E-state index in [1.807, 2.05) is 12.3 Å². The molecule has 1 fully saturated rings. The van der Waals surface area contributed by atoms with Crippen molar-refractivity contribution in [2.75, 3.05) is 13.1 Å². The smallest absolute Gasteiger partial charge is 0.146 e. The number of nitrogens with zero attached hydrogens (tertiary/aromatic N) is 1. The molecule has 76 valence electrons. The molecule has 0 bridgehead atoms. The van der Waals surface area contributed by atoms with E-state index in [9.17, 15) is 0 Å². The second kappa shape index (κ2) is 4.37. The molecule has 0 atom stereocenters. The van der Waals surface area contributed by atoms with Crippen LogP contribution in [0.25, 0.3) is 0 Å². The van der Waals surface area contributed by atoms with Crippen molar-refractivity contribution in [1.82, 2.24) is 10.6 Å². The number of hydrogen-bond acceptors (Lipinski definition) is 3. The Hall–Kier alpha value is -1.16. The summed E-state index contributed by atoms with van der Waals surface area (Å²) in [6, 6.07) is 0.394. The van der Waals surface area contributed by atoms with E-state index in [0.29, 0.717) is 18.2 Å². The van der Waals surface area contributed by atoms with Crippen molar-refractivity contribution >= 4 is 11.5 Å². The summed E-state index contributed by atoms with van der Waals surface area (Å²) in [4.78, 5) is 4.57. The highest BCUT2D eigenvalue weighted by Gasteiger charge is 2.15. The zero-order valence-electron chi connectivity index (χ0n) is 8.21. The van der Waals surface area contributed by atoms with Crippen molar-refractivity contribution in [1.29, 1.82) is 5.41 Å². The molecule has 4 heteroatoms. The predicted molar refractivity (Wildman–Crippen MR) is 57.9 cm³/mol. The lowest BCUT2D eigenvalue weighted by Gasteiger charge is -2.21. The fourth-order valence-corrected chi connectivity index (χ4v) is 1.73. The molecule has 0 unspecified atom stereocenters. The van der Waals surface area contributed by atoms with E-state index in [4.69, 9.17) is 5.41 Å². The van der Waals surface area contributed by atoms with E-state index in [-0.39, 0.29) is 0 Å². The van der Waals surface area contributed by atoms with Gasteiger partial charge >= 0.3 is 0 Å². The summed E-state index contributed by atoms with van der Waals surface area (Å²) in [5.74, 6) is 0.763. The van der Waals surface area contributed by atoms with Crippen molar-refractivity contribution < 1.29 is 0 Å². The Kier molecular flexibility index (Phi) is 2.93. The molecule has 14 heavy (non-hydrogen) atoms. The fraction of sp³-hybridized carbons (Fsp3) is 0.600. The normalized spacial score (nSPS) is 26.6. The van der Waals surface area contributed by atoms with E-state index < -0.39 is 0 Å². The van der Waals surface area contributed by atoms with Gasteiger partial charge in [-0.15, -0.1) is 0 Å². The second-order valence-corrected chi connectivity index (χ2v) is 3.69. The molecule has 0 aromatic heterocycles. The van der Waals surface area contributed by atoms with Gasteiger partial charge in [0, 0.05) is 6.42 Å². The maximum absolute atomic E-state index is 7.70. The van der Waals surface area contributed by atoms with Crippen LogP contribution in [0.4, 0.5) is 0 Å². The summed E-state index contributed by atoms with van der Waals surface area (Å²) in [5, 5.41) is 14.1. The molecule has 0 amide bonds. The van der Waals surface area contributed by atoms with Gasteiger partial charge < -0.3 is 16.0 Å². The molecule has 2 rings (SSSR count). The lowest BCUT2D eigenvalue weighted by atomic mass is 10.1. The van der Waals surface area contributed by atoms with Crippen molar-refractivity contribution in [2.45, 2.75) is 25.3 Å². The average molecular weight is 192 g/mol. The molecule has 0 aliphatic carbocycles. The summed E-state index contributed by atoms with van der Waals surface area (Å²) in [7, 11) is 0. The van der Waals surface area contributed by atoms with Crippen LogP contribution >= 0.6 is 0 Å². The van der Waals surface area contributed by atoms with Crippen molar-refractivity contribution in [3.63, 3.8) is 0 Å². The van der Waals surface area contributed by atoms with Gasteiger partial charge in [0.1, 0.15) is 5.84 Å². The summed E-state index contributed by atoms with van der Waals surface area (Å²) in [6.07, 6.45) is 6.70. The first-order chi connectivity index (χ1) is 6.86. The monoisotopic (exact) mass is 192 g/mol. The molecule has 0 aromatic carbocycles. The molecule has 0 aromatic rings. The van der Waals surface area contributed by atoms with E-state index in [2.05, 4.69) is 15.6 Å². The molecular weight excluding hydrogens is 176 g/mol. The number of hydrogen-bond donors (Lipinski definition) is 3. The minimum atomic E-state index is 0.394. The third-order valence-corrected chi connectivity index (χ3v) is 2.57. The number of piperidine rings is 1. The van der Waals surface area contributed by atoms with Crippen LogP contribution in [0.3, 0.4) is 0 Å². The predicted octanol–water partition coefficient (Wildman–Crippen LogP) is 0.664. The highest BCUT2D eigenvalue weighted by Crippen LogP contribution is 2.08. The van der Waals surface area contributed by atoms with Gasteiger partial charge in [0.25, 0.3) is 0 Å². The van der Waals surface area contributed by atoms with Gasteiger partial charge in [-0.2, -0.15) is 0 Å². The maximum Gasteiger partial charge on any atom is 0.146 e. The van der Waals surface area contributed by atoms with Gasteiger partial charge in [0.2, 0.25) is 0 Å². The van der Waals surface area contributed by atoms with Gasteiger partial charge in [-0.25, -0.2) is 0 Å². The number of rotatable bonds is 1. The van der Waals surface area contributed by atoms with Crippen molar-refractivity contribution in [3.8, 4) is 0 Å². The summed E-state index contributed by atoms with van der Waals surface area (Å²) in [6.45, 7) is 2.09. The summed E-state index contributed by atoms with van der Waals surface area (Å²) < 4.78 is 0. The Morgan fingerprint density at radius 2 is 2.14 bits per heavy atom. The molecule has 2 heterocycles. The third-order valence-electron chi connectivity index (χ3n) is 2.57. The number of aliphatic imine (C=N–C) groups is 1. The first kappa shape index (κ1) is 9.40. The molecule has 2 aliphatic rings. The fourth-order valence-electron chi connectivity index (χ4n) is 1.73. The second-order valence-electron chi connectivity index (χ2n) is 3.69. The minimum Gasteiger partial charge on any atom is -0.346 e. The molecular formula is C10H16N4. The van der Waals surface area contributed by atoms with Crippen LogP contribution in [0.2, 0.25) is 0 Å². The van der Waals surface area contributed by atoms with E-state index in [1.165, 1.54) is 0 Å². The average Bonchev–Trinajstić information content (AvgIpc) is 2.23. The van der Waals surface area contributed by atoms with Gasteiger partial charge in [-0.1, -0.05) is 6.08 Å². The van der Waals surface area contributed by atoms with Crippen molar-refractivity contribution in [2.24, 2.45) is 4.99 Å². The van der Waals surface area contributed by atoms with Crippen LogP contribution in [0, 0.1) is 5.41 Å². The standard InChI is InChI=1S/C10H16N4/c11-9-2-1-5-13-10(9)14-8-3-6-12-7-4-8/h1,5,8,11-12H,2-4,6-7H2,(H,13,14). The zero-order chi connectivity index (χ0) is 9.80. The minimum absolute atomic E-state index is 0.394. The molecule has 2 aliphatic heterocycles. The molecule has 0 saturated carbocycles. The van der Waals surface area contributed by atoms with Gasteiger partial charge in [0.15, 0.2) is 0 Å². The van der Waals surface area contributed by atoms with E-state index in [1.54, 1.807) is 0 Å². The Morgan fingerprint density at radius 3 is 2.86 bits per heavy atom. The maximum atomic E-state index is 7.70. The van der Waals surface area contributed by atoms with E-state index >= 15 is 0 Å². The topological polar surface area (TPSA) is 60.3 Å². The lowest BCUT2D eigenvalue weighted by Crippen LogP contribution is -2.35. The van der Waals surface area contributed by atoms with Crippen LogP contribution in [0.5, 0.6) is 0 Å². The Labute approximate surface area is 84.0 Å². The molecule has 1 saturated heterocycles. The molecule has 3 N–H and O–H groups in total. The number of nitrogens with one attached hydrogen (secondary N) is 3. The summed E-state index contributed by atoms with van der Waals surface area (Å²) >= 11 is 0. The highest BCUT2D eigenvalue weighted by molar-refractivity contribution is 6.41. The van der Waals surface area contributed by atoms with Gasteiger partial charge in [0.05, 0.1) is 11.8 Å². The van der Waals surface area contributed by atoms with Crippen LogP contribution in [-0.4, -0.2) is 30.7 Å². The first-order valence-electron chi connectivity index (χ1n) is 5.14. The van der Waals surface area contributed by atoms with Gasteiger partial charge in [-0.3, -0.25) is 4.99 Å². The lowest BCUT2D eigenvalue weighted by molar-refractivity contribution is 0.459. The van der Waals surface area contributed by atoms with Crippen LogP contribution < -0.4 is 10.6 Å². The van der Waals surface area contributed by atoms with Crippen LogP contribution in [0.15, 0.2) is 17.3 Å². The molecule has 0 spiro atoms. The van der Waals surface area contributed by atoms with Crippen LogP contribution in [-0.2, 0) is 0 Å². The largest absolute Gasteiger partial charge is 0.346 e. The third kappa shape index (κ3) is 2.20. The molecule has 4 nitrogen and oxygen atoms in total. The first-order valence-corrected chi connectivity index (χ1v) is 5.14. The van der Waals surface area contributed by atoms with E-state index in [0.717, 1.165) is 31.8 Å². The van der Waals surface area contributed by atoms with Crippen molar-refractivity contribution in [3.05, 3.63) is 12.3 Å². The Balaban J connectivity index is 2.01. The van der Waals surface area contributed by atoms with Crippen LogP contribution in [0.1, 0.15) is 19.3 Å². The highest BCUT2D eigenvalue weighted by atomic mass is 15.0. The number of allylic oxidation sites excluding steroid dienone is 1.